The third-order valence-electron chi connectivity index (χ3n) is 3.19. The Kier molecular flexibility index (Phi) is 3.50. The molecule has 0 saturated heterocycles. The van der Waals surface area contributed by atoms with Crippen LogP contribution in [0.3, 0.4) is 0 Å². The molecule has 2 aromatic rings. The van der Waals surface area contributed by atoms with E-state index in [9.17, 15) is 0 Å². The van der Waals surface area contributed by atoms with Gasteiger partial charge in [0.1, 0.15) is 5.01 Å². The average molecular weight is 278 g/mol. The van der Waals surface area contributed by atoms with Gasteiger partial charge in [-0.3, -0.25) is 0 Å². The SMILES string of the molecule is CC(C)c1csc(C(NC2CC2)c2cccs2)n1. The fourth-order valence-corrected chi connectivity index (χ4v) is 3.83. The van der Waals surface area contributed by atoms with Gasteiger partial charge in [0.05, 0.1) is 11.7 Å². The summed E-state index contributed by atoms with van der Waals surface area (Å²) in [6.07, 6.45) is 2.62. The van der Waals surface area contributed by atoms with E-state index in [0.717, 1.165) is 0 Å². The van der Waals surface area contributed by atoms with Crippen molar-refractivity contribution in [1.82, 2.24) is 10.3 Å². The number of rotatable bonds is 5. The van der Waals surface area contributed by atoms with E-state index in [1.807, 2.05) is 11.3 Å². The molecule has 0 spiro atoms. The highest BCUT2D eigenvalue weighted by Crippen LogP contribution is 2.33. The van der Waals surface area contributed by atoms with E-state index in [0.29, 0.717) is 18.0 Å². The number of thiophene rings is 1. The largest absolute Gasteiger partial charge is 0.301 e. The highest BCUT2D eigenvalue weighted by molar-refractivity contribution is 7.11. The van der Waals surface area contributed by atoms with Gasteiger partial charge >= 0.3 is 0 Å². The second-order valence-electron chi connectivity index (χ2n) is 5.15. The lowest BCUT2D eigenvalue weighted by Crippen LogP contribution is -2.23. The summed E-state index contributed by atoms with van der Waals surface area (Å²) in [5, 5.41) is 9.29. The van der Waals surface area contributed by atoms with Crippen molar-refractivity contribution in [3.63, 3.8) is 0 Å². The van der Waals surface area contributed by atoms with Crippen LogP contribution in [0.15, 0.2) is 22.9 Å². The lowest BCUT2D eigenvalue weighted by atomic mass is 10.1. The van der Waals surface area contributed by atoms with Crippen molar-refractivity contribution < 1.29 is 0 Å². The number of hydrogen-bond acceptors (Lipinski definition) is 4. The molecule has 1 fully saturated rings. The third kappa shape index (κ3) is 2.66. The maximum absolute atomic E-state index is 4.81. The molecular formula is C14H18N2S2. The monoisotopic (exact) mass is 278 g/mol. The highest BCUT2D eigenvalue weighted by Gasteiger charge is 2.28. The summed E-state index contributed by atoms with van der Waals surface area (Å²) >= 11 is 3.60. The molecule has 3 rings (SSSR count). The molecule has 0 amide bonds. The first-order chi connectivity index (χ1) is 8.74. The normalized spacial score (nSPS) is 17.3. The first kappa shape index (κ1) is 12.3. The van der Waals surface area contributed by atoms with Gasteiger partial charge in [-0.25, -0.2) is 4.98 Å². The molecule has 1 N–H and O–H groups in total. The Morgan fingerprint density at radius 2 is 2.17 bits per heavy atom. The van der Waals surface area contributed by atoms with Crippen LogP contribution < -0.4 is 5.32 Å². The first-order valence-corrected chi connectivity index (χ1v) is 8.24. The zero-order valence-corrected chi connectivity index (χ0v) is 12.4. The lowest BCUT2D eigenvalue weighted by molar-refractivity contribution is 0.603. The molecule has 1 aliphatic rings. The zero-order valence-electron chi connectivity index (χ0n) is 10.7. The summed E-state index contributed by atoms with van der Waals surface area (Å²) in [4.78, 5) is 6.19. The van der Waals surface area contributed by atoms with Crippen LogP contribution in [0.2, 0.25) is 0 Å². The van der Waals surface area contributed by atoms with Crippen LogP contribution in [0.4, 0.5) is 0 Å². The van der Waals surface area contributed by atoms with Crippen molar-refractivity contribution in [2.45, 2.75) is 44.7 Å². The lowest BCUT2D eigenvalue weighted by Gasteiger charge is -2.14. The highest BCUT2D eigenvalue weighted by atomic mass is 32.1. The molecule has 18 heavy (non-hydrogen) atoms. The number of hydrogen-bond donors (Lipinski definition) is 1. The summed E-state index contributed by atoms with van der Waals surface area (Å²) in [5.74, 6) is 0.514. The summed E-state index contributed by atoms with van der Waals surface area (Å²) in [6.45, 7) is 4.40. The molecule has 1 unspecified atom stereocenters. The average Bonchev–Trinajstić information content (AvgIpc) is 2.87. The van der Waals surface area contributed by atoms with Crippen molar-refractivity contribution in [3.8, 4) is 0 Å². The van der Waals surface area contributed by atoms with Gasteiger partial charge in [0, 0.05) is 16.3 Å². The smallest absolute Gasteiger partial charge is 0.115 e. The van der Waals surface area contributed by atoms with Crippen LogP contribution in [-0.2, 0) is 0 Å². The van der Waals surface area contributed by atoms with Crippen LogP contribution >= 0.6 is 22.7 Å². The van der Waals surface area contributed by atoms with Crippen LogP contribution in [0.25, 0.3) is 0 Å². The minimum atomic E-state index is 0.301. The van der Waals surface area contributed by atoms with Gasteiger partial charge in [0.2, 0.25) is 0 Å². The molecule has 2 heterocycles. The Hall–Kier alpha value is -0.710. The van der Waals surface area contributed by atoms with Crippen LogP contribution in [0, 0.1) is 0 Å². The molecule has 0 aliphatic heterocycles. The van der Waals surface area contributed by atoms with Gasteiger partial charge in [-0.2, -0.15) is 0 Å². The third-order valence-corrected chi connectivity index (χ3v) is 5.05. The zero-order chi connectivity index (χ0) is 12.5. The molecule has 0 bridgehead atoms. The molecular weight excluding hydrogens is 260 g/mol. The van der Waals surface area contributed by atoms with E-state index in [1.54, 1.807) is 11.3 Å². The number of nitrogens with one attached hydrogen (secondary N) is 1. The molecule has 1 aliphatic carbocycles. The molecule has 2 nitrogen and oxygen atoms in total. The fourth-order valence-electron chi connectivity index (χ4n) is 1.91. The minimum absolute atomic E-state index is 0.301. The van der Waals surface area contributed by atoms with Gasteiger partial charge in [0.25, 0.3) is 0 Å². The molecule has 0 radical (unpaired) electrons. The first-order valence-electron chi connectivity index (χ1n) is 6.49. The topological polar surface area (TPSA) is 24.9 Å². The van der Waals surface area contributed by atoms with E-state index in [-0.39, 0.29) is 0 Å². The standard InChI is InChI=1S/C14H18N2S2/c1-9(2)11-8-18-14(16-11)13(15-10-5-6-10)12-4-3-7-17-12/h3-4,7-10,13,15H,5-6H2,1-2H3. The van der Waals surface area contributed by atoms with Crippen LogP contribution in [0.1, 0.15) is 54.2 Å². The van der Waals surface area contributed by atoms with Gasteiger partial charge in [-0.05, 0) is 30.2 Å². The molecule has 0 aromatic carbocycles. The predicted octanol–water partition coefficient (Wildman–Crippen LogP) is 4.17. The molecule has 2 aromatic heterocycles. The van der Waals surface area contributed by atoms with Gasteiger partial charge < -0.3 is 5.32 Å². The van der Waals surface area contributed by atoms with E-state index >= 15 is 0 Å². The quantitative estimate of drug-likeness (QED) is 0.888. The van der Waals surface area contributed by atoms with Crippen LogP contribution in [0.5, 0.6) is 0 Å². The van der Waals surface area contributed by atoms with E-state index < -0.39 is 0 Å². The Bertz CT molecular complexity index is 498. The number of aromatic nitrogens is 1. The number of nitrogens with zero attached hydrogens (tertiary/aromatic N) is 1. The second kappa shape index (κ2) is 5.11. The number of thiazole rings is 1. The fraction of sp³-hybridized carbons (Fsp3) is 0.500. The van der Waals surface area contributed by atoms with Crippen molar-refractivity contribution in [1.29, 1.82) is 0 Å². The van der Waals surface area contributed by atoms with E-state index in [2.05, 4.69) is 42.1 Å². The van der Waals surface area contributed by atoms with Gasteiger partial charge in [0.15, 0.2) is 0 Å². The second-order valence-corrected chi connectivity index (χ2v) is 7.02. The molecule has 1 saturated carbocycles. The van der Waals surface area contributed by atoms with Crippen LogP contribution in [-0.4, -0.2) is 11.0 Å². The summed E-state index contributed by atoms with van der Waals surface area (Å²) in [5.41, 5.74) is 1.22. The minimum Gasteiger partial charge on any atom is -0.301 e. The van der Waals surface area contributed by atoms with Crippen molar-refractivity contribution in [2.24, 2.45) is 0 Å². The summed E-state index contributed by atoms with van der Waals surface area (Å²) in [6, 6.07) is 5.33. The molecule has 1 atom stereocenters. The molecule has 96 valence electrons. The summed E-state index contributed by atoms with van der Waals surface area (Å²) < 4.78 is 0. The Morgan fingerprint density at radius 3 is 2.72 bits per heavy atom. The summed E-state index contributed by atoms with van der Waals surface area (Å²) in [7, 11) is 0. The van der Waals surface area contributed by atoms with Crippen molar-refractivity contribution >= 4 is 22.7 Å². The maximum Gasteiger partial charge on any atom is 0.115 e. The van der Waals surface area contributed by atoms with Gasteiger partial charge in [-0.1, -0.05) is 19.9 Å². The van der Waals surface area contributed by atoms with Crippen molar-refractivity contribution in [2.75, 3.05) is 0 Å². The molecule has 4 heteroatoms. The maximum atomic E-state index is 4.81. The Morgan fingerprint density at radius 1 is 1.33 bits per heavy atom. The Labute approximate surface area is 116 Å². The van der Waals surface area contributed by atoms with E-state index in [1.165, 1.54) is 28.4 Å². The van der Waals surface area contributed by atoms with Gasteiger partial charge in [-0.15, -0.1) is 22.7 Å². The Balaban J connectivity index is 1.86. The van der Waals surface area contributed by atoms with Crippen molar-refractivity contribution in [3.05, 3.63) is 38.5 Å². The predicted molar refractivity (Wildman–Crippen MR) is 78.5 cm³/mol. The van der Waals surface area contributed by atoms with E-state index in [4.69, 9.17) is 4.98 Å².